The van der Waals surface area contributed by atoms with Gasteiger partial charge in [0.25, 0.3) is 0 Å². The maximum Gasteiger partial charge on any atom is 0.416 e. The van der Waals surface area contributed by atoms with Crippen LogP contribution in [-0.4, -0.2) is 33.6 Å². The first-order valence-corrected chi connectivity index (χ1v) is 8.98. The Morgan fingerprint density at radius 1 is 1.37 bits per heavy atom. The Morgan fingerprint density at radius 2 is 2.11 bits per heavy atom. The number of H-pyrrole nitrogens is 1. The standard InChI is InChI=1S/C18H20ClF3N4O/c1-10(2)16(17(27)26-6-5-14-11(9-26)8-23-25-14)24-15-4-3-12(7-13(15)19)18(20,21)22/h3-4,7-8,10,16,24H,5-6,9H2,1-2H3,(H,23,25)/t16-/m0/s1. The van der Waals surface area contributed by atoms with Crippen molar-refractivity contribution in [3.63, 3.8) is 0 Å². The zero-order valence-corrected chi connectivity index (χ0v) is 15.7. The molecule has 1 aliphatic heterocycles. The van der Waals surface area contributed by atoms with E-state index in [-0.39, 0.29) is 16.8 Å². The van der Waals surface area contributed by atoms with Gasteiger partial charge in [0.15, 0.2) is 0 Å². The molecule has 0 bridgehead atoms. The van der Waals surface area contributed by atoms with Crippen LogP contribution in [0.2, 0.25) is 5.02 Å². The number of carbonyl (C=O) groups excluding carboxylic acids is 1. The van der Waals surface area contributed by atoms with Gasteiger partial charge >= 0.3 is 6.18 Å². The van der Waals surface area contributed by atoms with E-state index < -0.39 is 17.8 Å². The van der Waals surface area contributed by atoms with Crippen LogP contribution in [0.1, 0.15) is 30.7 Å². The van der Waals surface area contributed by atoms with Gasteiger partial charge in [0.05, 0.1) is 22.5 Å². The minimum absolute atomic E-state index is 0.0703. The molecule has 0 radical (unpaired) electrons. The lowest BCUT2D eigenvalue weighted by molar-refractivity contribution is -0.137. The van der Waals surface area contributed by atoms with E-state index >= 15 is 0 Å². The van der Waals surface area contributed by atoms with E-state index in [1.54, 1.807) is 11.1 Å². The highest BCUT2D eigenvalue weighted by molar-refractivity contribution is 6.33. The molecule has 146 valence electrons. The maximum absolute atomic E-state index is 13.0. The Hall–Kier alpha value is -2.22. The molecule has 5 nitrogen and oxygen atoms in total. The minimum Gasteiger partial charge on any atom is -0.372 e. The van der Waals surface area contributed by atoms with Gasteiger partial charge in [0.2, 0.25) is 5.91 Å². The fourth-order valence-electron chi connectivity index (χ4n) is 3.10. The molecule has 1 aromatic heterocycles. The van der Waals surface area contributed by atoms with Crippen LogP contribution in [-0.2, 0) is 23.9 Å². The number of amides is 1. The summed E-state index contributed by atoms with van der Waals surface area (Å²) >= 11 is 6.03. The molecule has 0 unspecified atom stereocenters. The molecule has 9 heteroatoms. The molecule has 27 heavy (non-hydrogen) atoms. The highest BCUT2D eigenvalue weighted by Crippen LogP contribution is 2.34. The number of aromatic amines is 1. The van der Waals surface area contributed by atoms with Crippen LogP contribution in [0.25, 0.3) is 0 Å². The number of rotatable bonds is 4. The van der Waals surface area contributed by atoms with E-state index in [2.05, 4.69) is 15.5 Å². The van der Waals surface area contributed by atoms with Crippen molar-refractivity contribution in [2.45, 2.75) is 39.0 Å². The summed E-state index contributed by atoms with van der Waals surface area (Å²) in [7, 11) is 0. The van der Waals surface area contributed by atoms with Gasteiger partial charge < -0.3 is 10.2 Å². The van der Waals surface area contributed by atoms with Gasteiger partial charge in [-0.3, -0.25) is 9.89 Å². The number of nitrogens with one attached hydrogen (secondary N) is 2. The summed E-state index contributed by atoms with van der Waals surface area (Å²) in [6.45, 7) is 4.76. The third-order valence-corrected chi connectivity index (χ3v) is 4.96. The van der Waals surface area contributed by atoms with Gasteiger partial charge in [-0.2, -0.15) is 18.3 Å². The monoisotopic (exact) mass is 400 g/mol. The molecular formula is C18H20ClF3N4O. The molecule has 1 amide bonds. The van der Waals surface area contributed by atoms with E-state index in [9.17, 15) is 18.0 Å². The second kappa shape index (κ2) is 7.42. The van der Waals surface area contributed by atoms with Gasteiger partial charge in [-0.15, -0.1) is 0 Å². The SMILES string of the molecule is CC(C)[C@H](Nc1ccc(C(F)(F)F)cc1Cl)C(=O)N1CCc2[nH]ncc2C1. The van der Waals surface area contributed by atoms with Crippen molar-refractivity contribution >= 4 is 23.2 Å². The third kappa shape index (κ3) is 4.21. The topological polar surface area (TPSA) is 61.0 Å². The average Bonchev–Trinajstić information content (AvgIpc) is 3.06. The molecule has 2 aromatic rings. The molecule has 1 aromatic carbocycles. The van der Waals surface area contributed by atoms with E-state index in [1.807, 2.05) is 13.8 Å². The molecule has 3 rings (SSSR count). The molecule has 0 saturated carbocycles. The Labute approximate surface area is 159 Å². The van der Waals surface area contributed by atoms with Crippen LogP contribution < -0.4 is 5.32 Å². The zero-order chi connectivity index (χ0) is 19.8. The van der Waals surface area contributed by atoms with Crippen LogP contribution in [0.5, 0.6) is 0 Å². The van der Waals surface area contributed by atoms with E-state index in [0.29, 0.717) is 25.2 Å². The van der Waals surface area contributed by atoms with Crippen molar-refractivity contribution in [1.82, 2.24) is 15.1 Å². The molecule has 1 aliphatic rings. The number of benzene rings is 1. The molecule has 0 spiro atoms. The lowest BCUT2D eigenvalue weighted by Gasteiger charge is -2.32. The van der Waals surface area contributed by atoms with Gasteiger partial charge in [-0.05, 0) is 24.1 Å². The molecule has 2 N–H and O–H groups in total. The van der Waals surface area contributed by atoms with Crippen molar-refractivity contribution in [1.29, 1.82) is 0 Å². The lowest BCUT2D eigenvalue weighted by Crippen LogP contribution is -2.47. The van der Waals surface area contributed by atoms with Gasteiger partial charge in [-0.1, -0.05) is 25.4 Å². The summed E-state index contributed by atoms with van der Waals surface area (Å²) in [5.74, 6) is -0.200. The smallest absolute Gasteiger partial charge is 0.372 e. The van der Waals surface area contributed by atoms with Crippen molar-refractivity contribution < 1.29 is 18.0 Å². The maximum atomic E-state index is 13.0. The zero-order valence-electron chi connectivity index (χ0n) is 14.9. The van der Waals surface area contributed by atoms with Crippen LogP contribution in [0.15, 0.2) is 24.4 Å². The largest absolute Gasteiger partial charge is 0.416 e. The molecule has 2 heterocycles. The van der Waals surface area contributed by atoms with Crippen molar-refractivity contribution in [2.75, 3.05) is 11.9 Å². The Bertz CT molecular complexity index is 834. The molecule has 0 saturated heterocycles. The average molecular weight is 401 g/mol. The van der Waals surface area contributed by atoms with Crippen LogP contribution >= 0.6 is 11.6 Å². The number of aromatic nitrogens is 2. The number of hydrogen-bond acceptors (Lipinski definition) is 3. The van der Waals surface area contributed by atoms with Gasteiger partial charge in [-0.25, -0.2) is 0 Å². The second-order valence-electron chi connectivity index (χ2n) is 6.94. The Kier molecular flexibility index (Phi) is 5.37. The summed E-state index contributed by atoms with van der Waals surface area (Å²) in [6.07, 6.45) is -2.07. The van der Waals surface area contributed by atoms with Crippen molar-refractivity contribution in [2.24, 2.45) is 5.92 Å². The lowest BCUT2D eigenvalue weighted by atomic mass is 10.00. The number of halogens is 4. The summed E-state index contributed by atoms with van der Waals surface area (Å²) < 4.78 is 38.4. The highest BCUT2D eigenvalue weighted by atomic mass is 35.5. The highest BCUT2D eigenvalue weighted by Gasteiger charge is 2.33. The van der Waals surface area contributed by atoms with Gasteiger partial charge in [0, 0.05) is 30.8 Å². The quantitative estimate of drug-likeness (QED) is 0.812. The van der Waals surface area contributed by atoms with E-state index in [1.165, 1.54) is 6.07 Å². The first kappa shape index (κ1) is 19.5. The summed E-state index contributed by atoms with van der Waals surface area (Å²) in [5, 5.41) is 9.87. The third-order valence-electron chi connectivity index (χ3n) is 4.65. The fraction of sp³-hybridized carbons (Fsp3) is 0.444. The minimum atomic E-state index is -4.47. The predicted octanol–water partition coefficient (Wildman–Crippen LogP) is 4.10. The molecule has 0 fully saturated rings. The normalized spacial score (nSPS) is 15.6. The second-order valence-corrected chi connectivity index (χ2v) is 7.35. The van der Waals surface area contributed by atoms with Crippen LogP contribution in [0.4, 0.5) is 18.9 Å². The first-order chi connectivity index (χ1) is 12.7. The summed E-state index contributed by atoms with van der Waals surface area (Å²) in [4.78, 5) is 14.8. The number of alkyl halides is 3. The van der Waals surface area contributed by atoms with Crippen molar-refractivity contribution in [3.05, 3.63) is 46.2 Å². The fourth-order valence-corrected chi connectivity index (χ4v) is 3.33. The molecule has 0 aliphatic carbocycles. The molecular weight excluding hydrogens is 381 g/mol. The first-order valence-electron chi connectivity index (χ1n) is 8.60. The van der Waals surface area contributed by atoms with E-state index in [4.69, 9.17) is 11.6 Å². The summed E-state index contributed by atoms with van der Waals surface area (Å²) in [5.41, 5.74) is 1.48. The predicted molar refractivity (Wildman–Crippen MR) is 96.4 cm³/mol. The van der Waals surface area contributed by atoms with Gasteiger partial charge in [0.1, 0.15) is 6.04 Å². The van der Waals surface area contributed by atoms with Crippen LogP contribution in [0, 0.1) is 5.92 Å². The number of carbonyl (C=O) groups is 1. The number of nitrogens with zero attached hydrogens (tertiary/aromatic N) is 2. The number of anilines is 1. The molecule has 1 atom stereocenters. The summed E-state index contributed by atoms with van der Waals surface area (Å²) in [6, 6.07) is 2.48. The number of hydrogen-bond donors (Lipinski definition) is 2. The van der Waals surface area contributed by atoms with E-state index in [0.717, 1.165) is 23.4 Å². The van der Waals surface area contributed by atoms with Crippen molar-refractivity contribution in [3.8, 4) is 0 Å². The Morgan fingerprint density at radius 3 is 2.74 bits per heavy atom. The van der Waals surface area contributed by atoms with Crippen LogP contribution in [0.3, 0.4) is 0 Å². The number of fused-ring (bicyclic) bond motifs is 1. The Balaban J connectivity index is 1.77.